The van der Waals surface area contributed by atoms with Crippen LogP contribution >= 0.6 is 0 Å². The van der Waals surface area contributed by atoms with Gasteiger partial charge in [-0.05, 0) is 5.56 Å². The van der Waals surface area contributed by atoms with Crippen molar-refractivity contribution in [1.29, 1.82) is 0 Å². The summed E-state index contributed by atoms with van der Waals surface area (Å²) in [7, 11) is 0. The molecule has 0 aromatic carbocycles. The highest BCUT2D eigenvalue weighted by molar-refractivity contribution is 5.54. The molecule has 1 heterocycles. The number of rotatable bonds is 2. The van der Waals surface area contributed by atoms with Gasteiger partial charge in [0.2, 0.25) is 0 Å². The van der Waals surface area contributed by atoms with Crippen LogP contribution in [0.5, 0.6) is 0 Å². The molecule has 3 heteroatoms. The number of nitrogens with one attached hydrogen (secondary N) is 1. The van der Waals surface area contributed by atoms with E-state index in [1.165, 1.54) is 0 Å². The van der Waals surface area contributed by atoms with Gasteiger partial charge in [-0.15, -0.1) is 0 Å². The van der Waals surface area contributed by atoms with Gasteiger partial charge in [0, 0.05) is 12.6 Å². The van der Waals surface area contributed by atoms with Crippen molar-refractivity contribution < 1.29 is 4.79 Å². The van der Waals surface area contributed by atoms with E-state index in [0.29, 0.717) is 6.42 Å². The summed E-state index contributed by atoms with van der Waals surface area (Å²) in [5, 5.41) is 6.26. The van der Waals surface area contributed by atoms with Crippen molar-refractivity contribution in [2.24, 2.45) is 0 Å². The zero-order chi connectivity index (χ0) is 5.82. The maximum absolute atomic E-state index is 9.83. The molecule has 0 saturated carbocycles. The monoisotopic (exact) mass is 110 g/mol. The van der Waals surface area contributed by atoms with E-state index in [0.717, 1.165) is 11.8 Å². The predicted octanol–water partition coefficient (Wildman–Crippen LogP) is 0.151. The Bertz CT molecular complexity index is 157. The molecule has 0 spiro atoms. The van der Waals surface area contributed by atoms with E-state index in [-0.39, 0.29) is 0 Å². The van der Waals surface area contributed by atoms with Gasteiger partial charge in [0.05, 0.1) is 6.20 Å². The molecule has 1 N–H and O–H groups in total. The van der Waals surface area contributed by atoms with Crippen LogP contribution in [0.2, 0.25) is 0 Å². The normalized spacial score (nSPS) is 9.00. The Morgan fingerprint density at radius 1 is 1.88 bits per heavy atom. The van der Waals surface area contributed by atoms with E-state index in [9.17, 15) is 4.79 Å². The lowest BCUT2D eigenvalue weighted by Gasteiger charge is -1.76. The Labute approximate surface area is 46.7 Å². The highest BCUT2D eigenvalue weighted by Gasteiger charge is 1.87. The van der Waals surface area contributed by atoms with E-state index in [2.05, 4.69) is 10.2 Å². The fourth-order valence-corrected chi connectivity index (χ4v) is 0.485. The number of nitrogens with zero attached hydrogens (tertiary/aromatic N) is 1. The van der Waals surface area contributed by atoms with E-state index in [1.54, 1.807) is 12.4 Å². The molecule has 8 heavy (non-hydrogen) atoms. The molecule has 0 aliphatic rings. The van der Waals surface area contributed by atoms with Crippen LogP contribution in [0.1, 0.15) is 5.56 Å². The molecule has 42 valence electrons. The fraction of sp³-hybridized carbons (Fsp3) is 0.200. The maximum Gasteiger partial charge on any atom is 0.124 e. The quantitative estimate of drug-likeness (QED) is 0.551. The summed E-state index contributed by atoms with van der Waals surface area (Å²) in [5.74, 6) is 0. The van der Waals surface area contributed by atoms with E-state index in [1.807, 2.05) is 0 Å². The molecule has 1 aromatic rings. The fourth-order valence-electron chi connectivity index (χ4n) is 0.485. The minimum Gasteiger partial charge on any atom is -0.303 e. The SMILES string of the molecule is O=CCc1cn[nH]c1. The molecule has 0 amide bonds. The number of hydrogen-bond donors (Lipinski definition) is 1. The molecular formula is C5H6N2O. The van der Waals surface area contributed by atoms with Gasteiger partial charge in [0.15, 0.2) is 0 Å². The van der Waals surface area contributed by atoms with Crippen LogP contribution in [-0.4, -0.2) is 16.5 Å². The minimum absolute atomic E-state index is 0.455. The van der Waals surface area contributed by atoms with E-state index < -0.39 is 0 Å². The van der Waals surface area contributed by atoms with Crippen LogP contribution in [0.3, 0.4) is 0 Å². The van der Waals surface area contributed by atoms with Gasteiger partial charge in [-0.25, -0.2) is 0 Å². The topological polar surface area (TPSA) is 45.8 Å². The maximum atomic E-state index is 9.83. The first-order valence-electron chi connectivity index (χ1n) is 2.35. The van der Waals surface area contributed by atoms with Crippen molar-refractivity contribution in [3.8, 4) is 0 Å². The molecule has 0 fully saturated rings. The second-order valence-electron chi connectivity index (χ2n) is 1.48. The molecule has 3 nitrogen and oxygen atoms in total. The van der Waals surface area contributed by atoms with Crippen LogP contribution in [0.4, 0.5) is 0 Å². The van der Waals surface area contributed by atoms with Crippen molar-refractivity contribution in [2.75, 3.05) is 0 Å². The molecule has 0 saturated heterocycles. The molecule has 0 radical (unpaired) electrons. The Morgan fingerprint density at radius 2 is 2.75 bits per heavy atom. The number of hydrogen-bond acceptors (Lipinski definition) is 2. The van der Waals surface area contributed by atoms with Crippen molar-refractivity contribution in [3.05, 3.63) is 18.0 Å². The third-order valence-corrected chi connectivity index (χ3v) is 0.874. The lowest BCUT2D eigenvalue weighted by molar-refractivity contribution is -0.107. The largest absolute Gasteiger partial charge is 0.303 e. The Kier molecular flexibility index (Phi) is 1.42. The molecule has 0 atom stereocenters. The van der Waals surface area contributed by atoms with Crippen LogP contribution in [-0.2, 0) is 11.2 Å². The van der Waals surface area contributed by atoms with E-state index in [4.69, 9.17) is 0 Å². The molecule has 0 aliphatic carbocycles. The van der Waals surface area contributed by atoms with Crippen molar-refractivity contribution >= 4 is 6.29 Å². The summed E-state index contributed by atoms with van der Waals surface area (Å²) in [5.41, 5.74) is 0.931. The van der Waals surface area contributed by atoms with E-state index >= 15 is 0 Å². The first-order valence-corrected chi connectivity index (χ1v) is 2.35. The smallest absolute Gasteiger partial charge is 0.124 e. The lowest BCUT2D eigenvalue weighted by Crippen LogP contribution is -1.78. The third kappa shape index (κ3) is 0.932. The number of aromatic amines is 1. The molecule has 0 aliphatic heterocycles. The Hall–Kier alpha value is -1.12. The van der Waals surface area contributed by atoms with Crippen molar-refractivity contribution in [2.45, 2.75) is 6.42 Å². The third-order valence-electron chi connectivity index (χ3n) is 0.874. The van der Waals surface area contributed by atoms with Gasteiger partial charge in [-0.3, -0.25) is 5.10 Å². The van der Waals surface area contributed by atoms with Crippen molar-refractivity contribution in [3.63, 3.8) is 0 Å². The zero-order valence-corrected chi connectivity index (χ0v) is 4.29. The first kappa shape index (κ1) is 5.03. The Morgan fingerprint density at radius 3 is 3.25 bits per heavy atom. The van der Waals surface area contributed by atoms with Crippen LogP contribution in [0.15, 0.2) is 12.4 Å². The molecular weight excluding hydrogens is 104 g/mol. The van der Waals surface area contributed by atoms with Crippen molar-refractivity contribution in [1.82, 2.24) is 10.2 Å². The van der Waals surface area contributed by atoms with Crippen LogP contribution in [0.25, 0.3) is 0 Å². The lowest BCUT2D eigenvalue weighted by atomic mass is 10.3. The molecule has 0 unspecified atom stereocenters. The van der Waals surface area contributed by atoms with Gasteiger partial charge >= 0.3 is 0 Å². The highest BCUT2D eigenvalue weighted by Crippen LogP contribution is 1.90. The summed E-state index contributed by atoms with van der Waals surface area (Å²) in [4.78, 5) is 9.83. The second kappa shape index (κ2) is 2.26. The average molecular weight is 110 g/mol. The summed E-state index contributed by atoms with van der Waals surface area (Å²) < 4.78 is 0. The summed E-state index contributed by atoms with van der Waals surface area (Å²) in [6, 6.07) is 0. The molecule has 1 aromatic heterocycles. The van der Waals surface area contributed by atoms with Crippen LogP contribution < -0.4 is 0 Å². The minimum atomic E-state index is 0.455. The van der Waals surface area contributed by atoms with Gasteiger partial charge < -0.3 is 4.79 Å². The number of H-pyrrole nitrogens is 1. The van der Waals surface area contributed by atoms with Gasteiger partial charge in [-0.2, -0.15) is 5.10 Å². The standard InChI is InChI=1S/C5H6N2O/c8-2-1-5-3-6-7-4-5/h2-4H,1H2,(H,6,7). The summed E-state index contributed by atoms with van der Waals surface area (Å²) in [6.07, 6.45) is 4.64. The summed E-state index contributed by atoms with van der Waals surface area (Å²) in [6.45, 7) is 0. The average Bonchev–Trinajstić information content (AvgIpc) is 2.19. The number of carbonyl (C=O) groups is 1. The molecule has 0 bridgehead atoms. The van der Waals surface area contributed by atoms with Gasteiger partial charge in [0.25, 0.3) is 0 Å². The first-order chi connectivity index (χ1) is 3.93. The number of carbonyl (C=O) groups excluding carboxylic acids is 1. The van der Waals surface area contributed by atoms with Gasteiger partial charge in [-0.1, -0.05) is 0 Å². The van der Waals surface area contributed by atoms with Gasteiger partial charge in [0.1, 0.15) is 6.29 Å². The molecule has 1 rings (SSSR count). The Balaban J connectivity index is 2.62. The predicted molar refractivity (Wildman–Crippen MR) is 28.4 cm³/mol. The summed E-state index contributed by atoms with van der Waals surface area (Å²) >= 11 is 0. The van der Waals surface area contributed by atoms with Crippen LogP contribution in [0, 0.1) is 0 Å². The number of aldehydes is 1. The highest BCUT2D eigenvalue weighted by atomic mass is 16.1. The zero-order valence-electron chi connectivity index (χ0n) is 4.29. The second-order valence-corrected chi connectivity index (χ2v) is 1.48. The number of aromatic nitrogens is 2.